The number of hydrogen-bond donors (Lipinski definition) is 1. The molecular weight excluding hydrogens is 396 g/mol. The Balaban J connectivity index is 0.00000392. The molecule has 0 radical (unpaired) electrons. The molecule has 2 aromatic rings. The second-order valence-electron chi connectivity index (χ2n) is 7.05. The minimum atomic E-state index is -3.22. The molecule has 0 spiro atoms. The SMILES string of the molecule is Cc1cccc(C)c1OCCCN(C)CCc1ccc(NS(C)(=O)=O)cc1.Cl. The number of nitrogens with zero attached hydrogens (tertiary/aromatic N) is 1. The molecule has 0 heterocycles. The Morgan fingerprint density at radius 1 is 1.00 bits per heavy atom. The van der Waals surface area contributed by atoms with Crippen LogP contribution in [0.15, 0.2) is 42.5 Å². The van der Waals surface area contributed by atoms with Gasteiger partial charge in [0, 0.05) is 18.8 Å². The normalized spacial score (nSPS) is 11.2. The van der Waals surface area contributed by atoms with E-state index in [9.17, 15) is 8.42 Å². The van der Waals surface area contributed by atoms with Gasteiger partial charge in [-0.1, -0.05) is 30.3 Å². The monoisotopic (exact) mass is 426 g/mol. The lowest BCUT2D eigenvalue weighted by Crippen LogP contribution is -2.23. The van der Waals surface area contributed by atoms with Gasteiger partial charge < -0.3 is 9.64 Å². The Kier molecular flexibility index (Phi) is 9.79. The highest BCUT2D eigenvalue weighted by Crippen LogP contribution is 2.22. The highest BCUT2D eigenvalue weighted by atomic mass is 35.5. The molecule has 0 aliphatic heterocycles. The van der Waals surface area contributed by atoms with Crippen molar-refractivity contribution in [2.75, 3.05) is 37.7 Å². The van der Waals surface area contributed by atoms with Crippen molar-refractivity contribution in [3.8, 4) is 5.75 Å². The van der Waals surface area contributed by atoms with Crippen LogP contribution < -0.4 is 9.46 Å². The number of para-hydroxylation sites is 1. The van der Waals surface area contributed by atoms with Crippen LogP contribution in [-0.4, -0.2) is 46.3 Å². The summed E-state index contributed by atoms with van der Waals surface area (Å²) in [7, 11) is -1.11. The van der Waals surface area contributed by atoms with Gasteiger partial charge in [-0.25, -0.2) is 8.42 Å². The molecule has 0 aromatic heterocycles. The van der Waals surface area contributed by atoms with E-state index in [1.807, 2.05) is 12.1 Å². The van der Waals surface area contributed by atoms with Crippen LogP contribution in [0.5, 0.6) is 5.75 Å². The average molecular weight is 427 g/mol. The molecule has 0 saturated carbocycles. The largest absolute Gasteiger partial charge is 0.493 e. The summed E-state index contributed by atoms with van der Waals surface area (Å²) in [5.41, 5.74) is 4.14. The maximum absolute atomic E-state index is 11.2. The zero-order valence-corrected chi connectivity index (χ0v) is 18.7. The van der Waals surface area contributed by atoms with Crippen LogP contribution in [-0.2, 0) is 16.4 Å². The molecule has 0 unspecified atom stereocenters. The smallest absolute Gasteiger partial charge is 0.229 e. The number of benzene rings is 2. The Bertz CT molecular complexity index is 819. The summed E-state index contributed by atoms with van der Waals surface area (Å²) in [4.78, 5) is 2.29. The van der Waals surface area contributed by atoms with Crippen LogP contribution in [0, 0.1) is 13.8 Å². The van der Waals surface area contributed by atoms with Crippen LogP contribution in [0.2, 0.25) is 0 Å². The summed E-state index contributed by atoms with van der Waals surface area (Å²) in [6.45, 7) is 6.78. The lowest BCUT2D eigenvalue weighted by molar-refractivity contribution is 0.262. The Morgan fingerprint density at radius 2 is 1.61 bits per heavy atom. The van der Waals surface area contributed by atoms with Crippen molar-refractivity contribution in [2.24, 2.45) is 0 Å². The molecular formula is C21H31ClN2O3S. The second kappa shape index (κ2) is 11.3. The fourth-order valence-electron chi connectivity index (χ4n) is 2.92. The molecule has 0 fully saturated rings. The van der Waals surface area contributed by atoms with Crippen molar-refractivity contribution >= 4 is 28.1 Å². The highest BCUT2D eigenvalue weighted by molar-refractivity contribution is 7.92. The first-order chi connectivity index (χ1) is 12.7. The number of aryl methyl sites for hydroxylation is 2. The Morgan fingerprint density at radius 3 is 2.18 bits per heavy atom. The molecule has 7 heteroatoms. The molecule has 0 atom stereocenters. The van der Waals surface area contributed by atoms with Gasteiger partial charge in [0.25, 0.3) is 0 Å². The molecule has 1 N–H and O–H groups in total. The van der Waals surface area contributed by atoms with E-state index in [-0.39, 0.29) is 12.4 Å². The van der Waals surface area contributed by atoms with E-state index < -0.39 is 10.0 Å². The average Bonchev–Trinajstić information content (AvgIpc) is 2.59. The van der Waals surface area contributed by atoms with Crippen molar-refractivity contribution < 1.29 is 13.2 Å². The lowest BCUT2D eigenvalue weighted by Gasteiger charge is -2.17. The molecule has 0 amide bonds. The van der Waals surface area contributed by atoms with Crippen LogP contribution in [0.25, 0.3) is 0 Å². The van der Waals surface area contributed by atoms with Gasteiger partial charge in [0.05, 0.1) is 12.9 Å². The topological polar surface area (TPSA) is 58.6 Å². The number of nitrogens with one attached hydrogen (secondary N) is 1. The molecule has 0 bridgehead atoms. The number of ether oxygens (including phenoxy) is 1. The van der Waals surface area contributed by atoms with Gasteiger partial charge in [0.2, 0.25) is 10.0 Å². The third-order valence-corrected chi connectivity index (χ3v) is 4.99. The first-order valence-corrected chi connectivity index (χ1v) is 11.1. The maximum atomic E-state index is 11.2. The standard InChI is InChI=1S/C21H30N2O3S.ClH/c1-17-7-5-8-18(2)21(17)26-16-6-14-23(3)15-13-19-9-11-20(12-10-19)22-27(4,24)25;/h5,7-12,22H,6,13-16H2,1-4H3;1H. The molecule has 0 aliphatic carbocycles. The van der Waals surface area contributed by atoms with E-state index in [0.717, 1.165) is 37.9 Å². The summed E-state index contributed by atoms with van der Waals surface area (Å²) in [6.07, 6.45) is 3.05. The minimum Gasteiger partial charge on any atom is -0.493 e. The third kappa shape index (κ3) is 8.50. The first kappa shape index (κ1) is 24.3. The summed E-state index contributed by atoms with van der Waals surface area (Å²) in [5, 5.41) is 0. The van der Waals surface area contributed by atoms with E-state index in [1.54, 1.807) is 12.1 Å². The minimum absolute atomic E-state index is 0. The van der Waals surface area contributed by atoms with Crippen LogP contribution in [0.1, 0.15) is 23.1 Å². The van der Waals surface area contributed by atoms with E-state index in [4.69, 9.17) is 4.74 Å². The molecule has 156 valence electrons. The number of rotatable bonds is 10. The zero-order chi connectivity index (χ0) is 19.9. The van der Waals surface area contributed by atoms with Crippen LogP contribution >= 0.6 is 12.4 Å². The van der Waals surface area contributed by atoms with Gasteiger partial charge in [-0.15, -0.1) is 12.4 Å². The van der Waals surface area contributed by atoms with Crippen molar-refractivity contribution in [3.05, 3.63) is 59.2 Å². The fourth-order valence-corrected chi connectivity index (χ4v) is 3.49. The quantitative estimate of drug-likeness (QED) is 0.582. The van der Waals surface area contributed by atoms with E-state index in [0.29, 0.717) is 12.3 Å². The predicted molar refractivity (Wildman–Crippen MR) is 119 cm³/mol. The highest BCUT2D eigenvalue weighted by Gasteiger charge is 2.05. The van der Waals surface area contributed by atoms with Crippen LogP contribution in [0.3, 0.4) is 0 Å². The van der Waals surface area contributed by atoms with Gasteiger partial charge in [-0.2, -0.15) is 0 Å². The Labute approximate surface area is 175 Å². The van der Waals surface area contributed by atoms with Gasteiger partial charge in [0.15, 0.2) is 0 Å². The second-order valence-corrected chi connectivity index (χ2v) is 8.80. The van der Waals surface area contributed by atoms with E-state index in [2.05, 4.69) is 48.7 Å². The predicted octanol–water partition coefficient (Wildman–Crippen LogP) is 4.04. The molecule has 2 aromatic carbocycles. The van der Waals surface area contributed by atoms with Gasteiger partial charge >= 0.3 is 0 Å². The summed E-state index contributed by atoms with van der Waals surface area (Å²) >= 11 is 0. The van der Waals surface area contributed by atoms with Gasteiger partial charge in [0.1, 0.15) is 5.75 Å². The lowest BCUT2D eigenvalue weighted by atomic mass is 10.1. The Hall–Kier alpha value is -1.76. The number of likely N-dealkylation sites (N-methyl/N-ethyl adjacent to an activating group) is 1. The number of halogens is 1. The van der Waals surface area contributed by atoms with E-state index >= 15 is 0 Å². The first-order valence-electron chi connectivity index (χ1n) is 9.19. The fraction of sp³-hybridized carbons (Fsp3) is 0.429. The molecule has 0 aliphatic rings. The summed E-state index contributed by atoms with van der Waals surface area (Å²) in [6, 6.07) is 13.7. The summed E-state index contributed by atoms with van der Waals surface area (Å²) < 4.78 is 30.9. The third-order valence-electron chi connectivity index (χ3n) is 4.38. The molecule has 2 rings (SSSR count). The van der Waals surface area contributed by atoms with Crippen LogP contribution in [0.4, 0.5) is 5.69 Å². The van der Waals surface area contributed by atoms with Gasteiger partial charge in [-0.05, 0) is 62.6 Å². The van der Waals surface area contributed by atoms with Crippen molar-refractivity contribution in [1.29, 1.82) is 0 Å². The zero-order valence-electron chi connectivity index (χ0n) is 17.1. The molecule has 5 nitrogen and oxygen atoms in total. The number of hydrogen-bond acceptors (Lipinski definition) is 4. The number of sulfonamides is 1. The van der Waals surface area contributed by atoms with E-state index in [1.165, 1.54) is 16.7 Å². The van der Waals surface area contributed by atoms with Crippen molar-refractivity contribution in [1.82, 2.24) is 4.90 Å². The maximum Gasteiger partial charge on any atom is 0.229 e. The molecule has 28 heavy (non-hydrogen) atoms. The van der Waals surface area contributed by atoms with Crippen molar-refractivity contribution in [2.45, 2.75) is 26.7 Å². The molecule has 0 saturated heterocycles. The number of anilines is 1. The summed E-state index contributed by atoms with van der Waals surface area (Å²) in [5.74, 6) is 1.00. The van der Waals surface area contributed by atoms with Crippen molar-refractivity contribution in [3.63, 3.8) is 0 Å². The van der Waals surface area contributed by atoms with Gasteiger partial charge in [-0.3, -0.25) is 4.72 Å².